The van der Waals surface area contributed by atoms with Gasteiger partial charge in [-0.05, 0) is 50.7 Å². The van der Waals surface area contributed by atoms with E-state index in [2.05, 4.69) is 47.0 Å². The second kappa shape index (κ2) is 6.56. The Morgan fingerprint density at radius 3 is 3.04 bits per heavy atom. The lowest BCUT2D eigenvalue weighted by Gasteiger charge is -2.26. The average molecular weight is 329 g/mol. The second-order valence-corrected chi connectivity index (χ2v) is 7.64. The number of ether oxygens (including phenoxy) is 1. The summed E-state index contributed by atoms with van der Waals surface area (Å²) in [5, 5.41) is 2.10. The number of rotatable bonds is 3. The molecule has 1 saturated carbocycles. The molecule has 2 fully saturated rings. The normalized spacial score (nSPS) is 24.0. The van der Waals surface area contributed by atoms with E-state index in [4.69, 9.17) is 4.74 Å². The molecule has 0 unspecified atom stereocenters. The standard InChI is InChI=1S/C18H23N3OS/c1-13-10-16(8-7-14-5-6-14)23-18(13)17-12-21(20-19-17)11-15-4-2-3-9-22-15/h10,12,14-15,19-20H,2-6,9,11H2,1H3/t15-/m1/s1. The number of thiophene rings is 1. The van der Waals surface area contributed by atoms with Crippen LogP contribution in [-0.4, -0.2) is 24.3 Å². The first kappa shape index (κ1) is 15.1. The van der Waals surface area contributed by atoms with Gasteiger partial charge in [-0.25, -0.2) is 0 Å². The fraction of sp³-hybridized carbons (Fsp3) is 0.556. The van der Waals surface area contributed by atoms with E-state index in [1.165, 1.54) is 41.0 Å². The van der Waals surface area contributed by atoms with Gasteiger partial charge in [-0.1, -0.05) is 11.8 Å². The van der Waals surface area contributed by atoms with E-state index in [0.29, 0.717) is 12.0 Å². The largest absolute Gasteiger partial charge is 0.376 e. The molecule has 1 aromatic heterocycles. The molecule has 1 aliphatic carbocycles. The molecule has 0 bridgehead atoms. The minimum atomic E-state index is 0.332. The molecule has 0 radical (unpaired) electrons. The van der Waals surface area contributed by atoms with Crippen molar-refractivity contribution in [3.05, 3.63) is 27.6 Å². The van der Waals surface area contributed by atoms with Gasteiger partial charge in [-0.2, -0.15) is 0 Å². The van der Waals surface area contributed by atoms with Gasteiger partial charge in [0.05, 0.1) is 28.1 Å². The molecule has 23 heavy (non-hydrogen) atoms. The molecule has 1 atom stereocenters. The third-order valence-electron chi connectivity index (χ3n) is 4.43. The van der Waals surface area contributed by atoms with E-state index in [1.807, 2.05) is 0 Å². The van der Waals surface area contributed by atoms with Crippen LogP contribution in [0.2, 0.25) is 0 Å². The van der Waals surface area contributed by atoms with Crippen LogP contribution >= 0.6 is 11.3 Å². The Kier molecular flexibility index (Phi) is 4.30. The highest BCUT2D eigenvalue weighted by Gasteiger charge is 2.22. The van der Waals surface area contributed by atoms with Crippen LogP contribution in [0.5, 0.6) is 0 Å². The summed E-state index contributed by atoms with van der Waals surface area (Å²) in [5.41, 5.74) is 8.93. The molecule has 0 spiro atoms. The van der Waals surface area contributed by atoms with Gasteiger partial charge in [0.15, 0.2) is 0 Å². The highest BCUT2D eigenvalue weighted by Crippen LogP contribution is 2.30. The Balaban J connectivity index is 1.43. The Hall–Kier alpha value is -1.48. The summed E-state index contributed by atoms with van der Waals surface area (Å²) in [6.07, 6.45) is 8.66. The summed E-state index contributed by atoms with van der Waals surface area (Å²) in [6.45, 7) is 3.94. The number of hydrazine groups is 2. The Bertz CT molecular complexity index is 660. The smallest absolute Gasteiger partial charge is 0.0854 e. The molecule has 122 valence electrons. The molecular weight excluding hydrogens is 306 g/mol. The summed E-state index contributed by atoms with van der Waals surface area (Å²) < 4.78 is 5.81. The molecule has 3 heterocycles. The van der Waals surface area contributed by atoms with Crippen molar-refractivity contribution in [2.45, 2.75) is 45.1 Å². The van der Waals surface area contributed by atoms with Crippen LogP contribution in [0.15, 0.2) is 12.3 Å². The molecule has 5 heteroatoms. The van der Waals surface area contributed by atoms with Gasteiger partial charge >= 0.3 is 0 Å². The van der Waals surface area contributed by atoms with Gasteiger partial charge in [0.25, 0.3) is 0 Å². The molecule has 1 aromatic rings. The van der Waals surface area contributed by atoms with Crippen molar-refractivity contribution in [2.75, 3.05) is 13.2 Å². The topological polar surface area (TPSA) is 36.5 Å². The molecule has 2 N–H and O–H groups in total. The number of nitrogens with zero attached hydrogens (tertiary/aromatic N) is 1. The zero-order valence-electron chi connectivity index (χ0n) is 13.5. The van der Waals surface area contributed by atoms with E-state index < -0.39 is 0 Å². The fourth-order valence-electron chi connectivity index (χ4n) is 2.95. The number of hydrogen-bond acceptors (Lipinski definition) is 5. The van der Waals surface area contributed by atoms with Crippen molar-refractivity contribution < 1.29 is 4.74 Å². The van der Waals surface area contributed by atoms with Gasteiger partial charge in [-0.3, -0.25) is 5.01 Å². The van der Waals surface area contributed by atoms with Crippen LogP contribution < -0.4 is 11.0 Å². The van der Waals surface area contributed by atoms with Gasteiger partial charge in [0.1, 0.15) is 0 Å². The number of nitrogens with one attached hydrogen (secondary N) is 2. The number of aryl methyl sites for hydroxylation is 1. The maximum absolute atomic E-state index is 5.81. The molecular formula is C18H23N3OS. The zero-order valence-corrected chi connectivity index (χ0v) is 14.3. The summed E-state index contributed by atoms with van der Waals surface area (Å²) in [6, 6.07) is 2.20. The van der Waals surface area contributed by atoms with E-state index in [1.54, 1.807) is 11.3 Å². The third-order valence-corrected chi connectivity index (χ3v) is 5.62. The van der Waals surface area contributed by atoms with Crippen LogP contribution in [0, 0.1) is 24.7 Å². The predicted octanol–water partition coefficient (Wildman–Crippen LogP) is 3.01. The maximum atomic E-state index is 5.81. The minimum Gasteiger partial charge on any atom is -0.376 e. The van der Waals surface area contributed by atoms with Crippen LogP contribution in [0.3, 0.4) is 0 Å². The molecule has 0 amide bonds. The van der Waals surface area contributed by atoms with E-state index in [-0.39, 0.29) is 0 Å². The van der Waals surface area contributed by atoms with Gasteiger partial charge in [0.2, 0.25) is 0 Å². The van der Waals surface area contributed by atoms with Crippen molar-refractivity contribution in [2.24, 2.45) is 5.92 Å². The first-order chi connectivity index (χ1) is 11.3. The first-order valence-corrected chi connectivity index (χ1v) is 9.33. The summed E-state index contributed by atoms with van der Waals surface area (Å²) >= 11 is 1.77. The predicted molar refractivity (Wildman–Crippen MR) is 93.2 cm³/mol. The van der Waals surface area contributed by atoms with Gasteiger partial charge < -0.3 is 10.2 Å². The lowest BCUT2D eigenvalue weighted by atomic mass is 10.1. The molecule has 2 aliphatic heterocycles. The quantitative estimate of drug-likeness (QED) is 0.836. The van der Waals surface area contributed by atoms with Crippen LogP contribution in [0.4, 0.5) is 0 Å². The number of hydrogen-bond donors (Lipinski definition) is 2. The molecule has 0 aromatic carbocycles. The highest BCUT2D eigenvalue weighted by atomic mass is 32.1. The Morgan fingerprint density at radius 1 is 1.35 bits per heavy atom. The summed E-state index contributed by atoms with van der Waals surface area (Å²) in [5.74, 6) is 7.32. The van der Waals surface area contributed by atoms with Crippen molar-refractivity contribution in [3.63, 3.8) is 0 Å². The summed E-state index contributed by atoms with van der Waals surface area (Å²) in [7, 11) is 0. The average Bonchev–Trinajstić information content (AvgIpc) is 3.16. The van der Waals surface area contributed by atoms with Crippen LogP contribution in [-0.2, 0) is 4.74 Å². The van der Waals surface area contributed by atoms with E-state index >= 15 is 0 Å². The van der Waals surface area contributed by atoms with Crippen molar-refractivity contribution in [1.29, 1.82) is 0 Å². The minimum absolute atomic E-state index is 0.332. The first-order valence-electron chi connectivity index (χ1n) is 8.52. The lowest BCUT2D eigenvalue weighted by molar-refractivity contribution is -0.00514. The van der Waals surface area contributed by atoms with Gasteiger partial charge in [-0.15, -0.1) is 16.9 Å². The molecule has 1 saturated heterocycles. The maximum Gasteiger partial charge on any atom is 0.0854 e. The molecule has 4 nitrogen and oxygen atoms in total. The van der Waals surface area contributed by atoms with Crippen molar-refractivity contribution in [1.82, 2.24) is 16.0 Å². The monoisotopic (exact) mass is 329 g/mol. The SMILES string of the molecule is Cc1cc(C#CC2CC2)sc1C1=CN(C[C@H]2CCCCO2)NN1. The van der Waals surface area contributed by atoms with E-state index in [9.17, 15) is 0 Å². The highest BCUT2D eigenvalue weighted by molar-refractivity contribution is 7.13. The fourth-order valence-corrected chi connectivity index (χ4v) is 3.95. The molecule has 3 aliphatic rings. The van der Waals surface area contributed by atoms with Crippen LogP contribution in [0.25, 0.3) is 5.70 Å². The Labute approximate surface area is 141 Å². The van der Waals surface area contributed by atoms with Gasteiger partial charge in [0, 0.05) is 18.7 Å². The van der Waals surface area contributed by atoms with Crippen molar-refractivity contribution >= 4 is 17.0 Å². The zero-order chi connectivity index (χ0) is 15.6. The summed E-state index contributed by atoms with van der Waals surface area (Å²) in [4.78, 5) is 2.44. The second-order valence-electron chi connectivity index (χ2n) is 6.59. The van der Waals surface area contributed by atoms with E-state index in [0.717, 1.165) is 25.3 Å². The Morgan fingerprint density at radius 2 is 2.26 bits per heavy atom. The third kappa shape index (κ3) is 3.72. The lowest BCUT2D eigenvalue weighted by Crippen LogP contribution is -2.42. The van der Waals surface area contributed by atoms with Crippen molar-refractivity contribution in [3.8, 4) is 11.8 Å². The molecule has 4 rings (SSSR count). The van der Waals surface area contributed by atoms with Crippen LogP contribution in [0.1, 0.15) is 47.4 Å².